The average Bonchev–Trinajstić information content (AvgIpc) is 3.26. The number of benzene rings is 2. The Balaban J connectivity index is 1.52. The third kappa shape index (κ3) is 5.79. The van der Waals surface area contributed by atoms with Crippen LogP contribution in [0.2, 0.25) is 0 Å². The van der Waals surface area contributed by atoms with Crippen molar-refractivity contribution in [2.24, 2.45) is 5.10 Å². The molecule has 0 radical (unpaired) electrons. The van der Waals surface area contributed by atoms with Gasteiger partial charge in [-0.25, -0.2) is 5.43 Å². The second-order valence-corrected chi connectivity index (χ2v) is 6.94. The van der Waals surface area contributed by atoms with E-state index in [0.717, 1.165) is 6.42 Å². The number of rotatable bonds is 9. The van der Waals surface area contributed by atoms with E-state index in [-0.39, 0.29) is 12.3 Å². The van der Waals surface area contributed by atoms with Crippen molar-refractivity contribution < 1.29 is 18.9 Å². The van der Waals surface area contributed by atoms with Crippen molar-refractivity contribution in [2.75, 3.05) is 6.61 Å². The summed E-state index contributed by atoms with van der Waals surface area (Å²) < 4.78 is 11.0. The number of hydrazone groups is 1. The molecule has 0 spiro atoms. The Bertz CT molecular complexity index is 1070. The minimum Gasteiger partial charge on any atom is -0.484 e. The molecule has 31 heavy (non-hydrogen) atoms. The number of nitrogens with zero attached hydrogens (tertiary/aromatic N) is 2. The second kappa shape index (κ2) is 10.2. The largest absolute Gasteiger partial charge is 0.484 e. The Morgan fingerprint density at radius 3 is 2.65 bits per heavy atom. The van der Waals surface area contributed by atoms with Crippen LogP contribution in [0.4, 0.5) is 5.69 Å². The van der Waals surface area contributed by atoms with Gasteiger partial charge in [0.15, 0.2) is 6.61 Å². The Morgan fingerprint density at radius 1 is 1.19 bits per heavy atom. The summed E-state index contributed by atoms with van der Waals surface area (Å²) in [6.45, 7) is 4.11. The van der Waals surface area contributed by atoms with Crippen LogP contribution in [0.3, 0.4) is 0 Å². The topological polar surface area (TPSA) is 107 Å². The maximum atomic E-state index is 11.9. The zero-order chi connectivity index (χ0) is 22.2. The van der Waals surface area contributed by atoms with E-state index in [1.807, 2.05) is 24.3 Å². The maximum absolute atomic E-state index is 11.9. The summed E-state index contributed by atoms with van der Waals surface area (Å²) in [5.74, 6) is 1.33. The van der Waals surface area contributed by atoms with Gasteiger partial charge in [0.2, 0.25) is 0 Å². The monoisotopic (exact) mass is 421 g/mol. The first-order valence-corrected chi connectivity index (χ1v) is 9.86. The third-order valence-corrected chi connectivity index (χ3v) is 4.81. The van der Waals surface area contributed by atoms with Crippen molar-refractivity contribution in [3.8, 4) is 17.1 Å². The smallest absolute Gasteiger partial charge is 0.280 e. The molecule has 1 aromatic heterocycles. The lowest BCUT2D eigenvalue weighted by molar-refractivity contribution is -0.384. The van der Waals surface area contributed by atoms with Gasteiger partial charge >= 0.3 is 0 Å². The molecule has 0 saturated heterocycles. The highest BCUT2D eigenvalue weighted by atomic mass is 16.6. The van der Waals surface area contributed by atoms with Crippen LogP contribution in [-0.4, -0.2) is 23.7 Å². The molecule has 3 rings (SSSR count). The number of carbonyl (C=O) groups excluding carboxylic acids is 1. The summed E-state index contributed by atoms with van der Waals surface area (Å²) in [6.07, 6.45) is 2.37. The highest BCUT2D eigenvalue weighted by molar-refractivity contribution is 5.82. The first-order valence-electron chi connectivity index (χ1n) is 9.86. The highest BCUT2D eigenvalue weighted by Crippen LogP contribution is 2.30. The van der Waals surface area contributed by atoms with Gasteiger partial charge in [0.05, 0.1) is 16.7 Å². The number of para-hydroxylation sites is 1. The fourth-order valence-electron chi connectivity index (χ4n) is 2.89. The van der Waals surface area contributed by atoms with Gasteiger partial charge in [0.1, 0.15) is 17.3 Å². The fraction of sp³-hybridized carbons (Fsp3) is 0.217. The minimum atomic E-state index is -0.468. The zero-order valence-electron chi connectivity index (χ0n) is 17.3. The van der Waals surface area contributed by atoms with E-state index in [0.29, 0.717) is 28.8 Å². The molecule has 1 heterocycles. The first-order chi connectivity index (χ1) is 15.0. The van der Waals surface area contributed by atoms with Crippen molar-refractivity contribution in [3.63, 3.8) is 0 Å². The second-order valence-electron chi connectivity index (χ2n) is 6.94. The molecule has 0 saturated carbocycles. The molecule has 0 aliphatic rings. The molecule has 1 amide bonds. The fourth-order valence-corrected chi connectivity index (χ4v) is 2.89. The lowest BCUT2D eigenvalue weighted by Crippen LogP contribution is -2.24. The Hall–Kier alpha value is -3.94. The van der Waals surface area contributed by atoms with Crippen molar-refractivity contribution in [1.82, 2.24) is 5.43 Å². The summed E-state index contributed by atoms with van der Waals surface area (Å²) in [5.41, 5.74) is 3.89. The summed E-state index contributed by atoms with van der Waals surface area (Å²) in [7, 11) is 0. The molecule has 3 aromatic rings. The van der Waals surface area contributed by atoms with Crippen molar-refractivity contribution in [2.45, 2.75) is 26.2 Å². The number of nitro benzene ring substituents is 1. The number of ether oxygens (including phenoxy) is 1. The Morgan fingerprint density at radius 2 is 1.94 bits per heavy atom. The molecule has 2 aromatic carbocycles. The van der Waals surface area contributed by atoms with Crippen LogP contribution in [0.15, 0.2) is 70.2 Å². The van der Waals surface area contributed by atoms with E-state index in [2.05, 4.69) is 24.4 Å². The van der Waals surface area contributed by atoms with Gasteiger partial charge in [-0.3, -0.25) is 14.9 Å². The standard InChI is InChI=1S/C23H23N3O5/c1-3-16(2)17-8-10-18(11-9-17)30-15-23(27)25-24-14-19-12-13-22(31-19)20-6-4-5-7-21(20)26(28)29/h4-14,16H,3,15H2,1-2H3,(H,25,27)/b24-14+/t16-/m1/s1. The minimum absolute atomic E-state index is 0.0528. The molecule has 1 atom stereocenters. The first kappa shape index (κ1) is 21.8. The Kier molecular flexibility index (Phi) is 7.16. The molecule has 160 valence electrons. The van der Waals surface area contributed by atoms with E-state index >= 15 is 0 Å². The molecule has 0 fully saturated rings. The summed E-state index contributed by atoms with van der Waals surface area (Å²) in [6, 6.07) is 17.2. The molecular formula is C23H23N3O5. The summed E-state index contributed by atoms with van der Waals surface area (Å²) in [5, 5.41) is 15.0. The number of nitro groups is 1. The van der Waals surface area contributed by atoms with E-state index in [9.17, 15) is 14.9 Å². The highest BCUT2D eigenvalue weighted by Gasteiger charge is 2.16. The molecule has 8 heteroatoms. The van der Waals surface area contributed by atoms with Crippen LogP contribution < -0.4 is 10.2 Å². The zero-order valence-corrected chi connectivity index (χ0v) is 17.3. The number of furan rings is 1. The van der Waals surface area contributed by atoms with E-state index in [1.54, 1.807) is 30.3 Å². The molecule has 8 nitrogen and oxygen atoms in total. The molecular weight excluding hydrogens is 398 g/mol. The molecule has 0 aliphatic heterocycles. The van der Waals surface area contributed by atoms with Crippen molar-refractivity contribution >= 4 is 17.8 Å². The lowest BCUT2D eigenvalue weighted by Gasteiger charge is -2.10. The maximum Gasteiger partial charge on any atom is 0.280 e. The van der Waals surface area contributed by atoms with Gasteiger partial charge in [-0.05, 0) is 48.2 Å². The summed E-state index contributed by atoms with van der Waals surface area (Å²) in [4.78, 5) is 22.6. The predicted octanol–water partition coefficient (Wildman–Crippen LogP) is 4.90. The molecule has 1 N–H and O–H groups in total. The van der Waals surface area contributed by atoms with Crippen LogP contribution >= 0.6 is 0 Å². The molecule has 0 bridgehead atoms. The lowest BCUT2D eigenvalue weighted by atomic mass is 9.99. The van der Waals surface area contributed by atoms with Crippen LogP contribution in [0.1, 0.15) is 37.5 Å². The van der Waals surface area contributed by atoms with E-state index < -0.39 is 10.8 Å². The van der Waals surface area contributed by atoms with Gasteiger partial charge in [-0.2, -0.15) is 5.10 Å². The summed E-state index contributed by atoms with van der Waals surface area (Å²) >= 11 is 0. The van der Waals surface area contributed by atoms with Crippen molar-refractivity contribution in [3.05, 3.63) is 82.1 Å². The number of hydrogen-bond donors (Lipinski definition) is 1. The van der Waals surface area contributed by atoms with Gasteiger partial charge < -0.3 is 9.15 Å². The SMILES string of the molecule is CC[C@@H](C)c1ccc(OCC(=O)N/N=C/c2ccc(-c3ccccc3[N+](=O)[O-])o2)cc1. The number of carbonyl (C=O) groups is 1. The number of amides is 1. The number of hydrogen-bond acceptors (Lipinski definition) is 6. The number of nitrogens with one attached hydrogen (secondary N) is 1. The van der Waals surface area contributed by atoms with Crippen LogP contribution in [0.5, 0.6) is 5.75 Å². The third-order valence-electron chi connectivity index (χ3n) is 4.81. The predicted molar refractivity (Wildman–Crippen MR) is 117 cm³/mol. The normalized spacial score (nSPS) is 11.9. The van der Waals surface area contributed by atoms with Gasteiger partial charge in [-0.15, -0.1) is 0 Å². The molecule has 0 aliphatic carbocycles. The average molecular weight is 421 g/mol. The van der Waals surface area contributed by atoms with E-state index in [1.165, 1.54) is 17.8 Å². The van der Waals surface area contributed by atoms with E-state index in [4.69, 9.17) is 9.15 Å². The van der Waals surface area contributed by atoms with Crippen molar-refractivity contribution in [1.29, 1.82) is 0 Å². The molecule has 0 unspecified atom stereocenters. The van der Waals surface area contributed by atoms with Gasteiger partial charge in [-0.1, -0.05) is 38.1 Å². The van der Waals surface area contributed by atoms with Crippen LogP contribution in [0.25, 0.3) is 11.3 Å². The van der Waals surface area contributed by atoms with Gasteiger partial charge in [0.25, 0.3) is 11.6 Å². The van der Waals surface area contributed by atoms with Crippen LogP contribution in [-0.2, 0) is 4.79 Å². The van der Waals surface area contributed by atoms with Gasteiger partial charge in [0, 0.05) is 6.07 Å². The Labute approximate surface area is 179 Å². The quantitative estimate of drug-likeness (QED) is 0.300. The van der Waals surface area contributed by atoms with Crippen LogP contribution in [0, 0.1) is 10.1 Å².